The number of aliphatic hydroxyl groups excluding tert-OH is 1. The third-order valence-corrected chi connectivity index (χ3v) is 7.37. The number of benzene rings is 1. The topological polar surface area (TPSA) is 87.2 Å². The first-order chi connectivity index (χ1) is 15.2. The predicted molar refractivity (Wildman–Crippen MR) is 121 cm³/mol. The van der Waals surface area contributed by atoms with Crippen LogP contribution in [0.25, 0.3) is 32.9 Å². The molecule has 0 unspecified atom stereocenters. The molecule has 0 radical (unpaired) electrons. The quantitative estimate of drug-likeness (QED) is 0.509. The number of fused-ring (bicyclic) bond motifs is 1. The van der Waals surface area contributed by atoms with Crippen LogP contribution in [0.3, 0.4) is 0 Å². The maximum atomic E-state index is 9.59. The van der Waals surface area contributed by atoms with Crippen LogP contribution in [-0.2, 0) is 4.74 Å². The number of aromatic amines is 1. The molecular formula is C23H23N5O2S. The summed E-state index contributed by atoms with van der Waals surface area (Å²) in [7, 11) is 0. The number of ether oxygens (including phenoxy) is 1. The van der Waals surface area contributed by atoms with Crippen LogP contribution in [0.5, 0.6) is 0 Å². The van der Waals surface area contributed by atoms with Gasteiger partial charge in [0.1, 0.15) is 12.0 Å². The van der Waals surface area contributed by atoms with E-state index >= 15 is 0 Å². The van der Waals surface area contributed by atoms with Crippen LogP contribution in [0, 0.1) is 0 Å². The van der Waals surface area contributed by atoms with Gasteiger partial charge in [0, 0.05) is 42.0 Å². The van der Waals surface area contributed by atoms with Gasteiger partial charge in [0.15, 0.2) is 0 Å². The molecule has 1 aliphatic carbocycles. The van der Waals surface area contributed by atoms with E-state index in [-0.39, 0.29) is 6.10 Å². The summed E-state index contributed by atoms with van der Waals surface area (Å²) in [5.41, 5.74) is 5.10. The molecule has 1 aliphatic heterocycles. The van der Waals surface area contributed by atoms with Crippen LogP contribution in [-0.4, -0.2) is 57.4 Å². The molecule has 0 bridgehead atoms. The summed E-state index contributed by atoms with van der Waals surface area (Å²) in [6.07, 6.45) is 4.94. The smallest absolute Gasteiger partial charge is 0.141 e. The number of anilines is 1. The Kier molecular flexibility index (Phi) is 4.70. The standard InChI is InChI=1S/C23H23N5O2S/c29-17-9-15(10-17)23-24-12-20(31-23)21-18-11-19(27-22(18)26-13-25-21)14-1-3-16(4-2-14)28-5-7-30-8-6-28/h1-4,11-13,15,17,29H,5-10H2,(H,25,26,27). The van der Waals surface area contributed by atoms with Crippen LogP contribution in [0.2, 0.25) is 0 Å². The Labute approximate surface area is 183 Å². The second kappa shape index (κ2) is 7.71. The number of hydrogen-bond donors (Lipinski definition) is 2. The van der Waals surface area contributed by atoms with Crippen molar-refractivity contribution in [1.82, 2.24) is 19.9 Å². The fraction of sp³-hybridized carbons (Fsp3) is 0.348. The van der Waals surface area contributed by atoms with Gasteiger partial charge in [-0.05, 0) is 36.6 Å². The van der Waals surface area contributed by atoms with Crippen LogP contribution in [0.1, 0.15) is 23.8 Å². The highest BCUT2D eigenvalue weighted by atomic mass is 32.1. The van der Waals surface area contributed by atoms with Gasteiger partial charge in [0.05, 0.1) is 34.9 Å². The predicted octanol–water partition coefficient (Wildman–Crippen LogP) is 3.82. The fourth-order valence-electron chi connectivity index (χ4n) is 4.34. The molecule has 158 valence electrons. The molecule has 0 amide bonds. The Hall–Kier alpha value is -2.81. The van der Waals surface area contributed by atoms with E-state index in [9.17, 15) is 5.11 Å². The monoisotopic (exact) mass is 433 g/mol. The summed E-state index contributed by atoms with van der Waals surface area (Å²) < 4.78 is 5.45. The summed E-state index contributed by atoms with van der Waals surface area (Å²) in [6.45, 7) is 3.43. The van der Waals surface area contributed by atoms with Gasteiger partial charge in [-0.1, -0.05) is 12.1 Å². The lowest BCUT2D eigenvalue weighted by Gasteiger charge is -2.29. The SMILES string of the molecule is OC1CC(c2ncc(-c3ncnc4[nH]c(-c5ccc(N6CCOCC6)cc5)cc34)s2)C1. The zero-order valence-electron chi connectivity index (χ0n) is 17.0. The molecule has 1 saturated heterocycles. The normalized spacial score (nSPS) is 21.4. The van der Waals surface area contributed by atoms with E-state index in [0.717, 1.165) is 77.0 Å². The lowest BCUT2D eigenvalue weighted by molar-refractivity contribution is 0.0745. The van der Waals surface area contributed by atoms with Crippen molar-refractivity contribution in [2.24, 2.45) is 0 Å². The maximum Gasteiger partial charge on any atom is 0.141 e. The van der Waals surface area contributed by atoms with Crippen molar-refractivity contribution >= 4 is 28.1 Å². The molecule has 2 N–H and O–H groups in total. The van der Waals surface area contributed by atoms with Crippen LogP contribution in [0.15, 0.2) is 42.9 Å². The number of thiazole rings is 1. The van der Waals surface area contributed by atoms with E-state index < -0.39 is 0 Å². The molecule has 3 aromatic heterocycles. The van der Waals surface area contributed by atoms with E-state index in [2.05, 4.69) is 55.2 Å². The molecule has 1 saturated carbocycles. The Morgan fingerprint density at radius 3 is 2.65 bits per heavy atom. The van der Waals surface area contributed by atoms with Gasteiger partial charge in [-0.3, -0.25) is 0 Å². The van der Waals surface area contributed by atoms with Gasteiger partial charge in [-0.25, -0.2) is 15.0 Å². The van der Waals surface area contributed by atoms with Crippen LogP contribution in [0.4, 0.5) is 5.69 Å². The summed E-state index contributed by atoms with van der Waals surface area (Å²) >= 11 is 1.67. The number of rotatable bonds is 4. The lowest BCUT2D eigenvalue weighted by atomic mass is 9.83. The number of aromatic nitrogens is 4. The van der Waals surface area contributed by atoms with Gasteiger partial charge < -0.3 is 19.7 Å². The molecule has 0 atom stereocenters. The average molecular weight is 434 g/mol. The highest BCUT2D eigenvalue weighted by Crippen LogP contribution is 2.41. The van der Waals surface area contributed by atoms with E-state index in [1.54, 1.807) is 17.7 Å². The zero-order valence-corrected chi connectivity index (χ0v) is 17.8. The Balaban J connectivity index is 1.30. The molecule has 1 aromatic carbocycles. The summed E-state index contributed by atoms with van der Waals surface area (Å²) in [5.74, 6) is 0.373. The van der Waals surface area contributed by atoms with Crippen molar-refractivity contribution in [3.05, 3.63) is 47.9 Å². The lowest BCUT2D eigenvalue weighted by Crippen LogP contribution is -2.36. The molecule has 4 aromatic rings. The van der Waals surface area contributed by atoms with E-state index in [0.29, 0.717) is 5.92 Å². The number of aliphatic hydroxyl groups is 1. The van der Waals surface area contributed by atoms with Crippen LogP contribution >= 0.6 is 11.3 Å². The Bertz CT molecular complexity index is 1210. The zero-order chi connectivity index (χ0) is 20.8. The minimum absolute atomic E-state index is 0.176. The third kappa shape index (κ3) is 3.50. The number of nitrogens with zero attached hydrogens (tertiary/aromatic N) is 4. The highest BCUT2D eigenvalue weighted by Gasteiger charge is 2.31. The van der Waals surface area contributed by atoms with Crippen molar-refractivity contribution in [2.45, 2.75) is 24.9 Å². The Morgan fingerprint density at radius 1 is 1.06 bits per heavy atom. The summed E-state index contributed by atoms with van der Waals surface area (Å²) in [4.78, 5) is 20.4. The molecule has 2 aliphatic rings. The van der Waals surface area contributed by atoms with Crippen molar-refractivity contribution in [3.8, 4) is 21.8 Å². The molecule has 31 heavy (non-hydrogen) atoms. The van der Waals surface area contributed by atoms with Crippen molar-refractivity contribution in [1.29, 1.82) is 0 Å². The van der Waals surface area contributed by atoms with E-state index in [1.807, 2.05) is 6.20 Å². The summed E-state index contributed by atoms with van der Waals surface area (Å²) in [6, 6.07) is 10.8. The van der Waals surface area contributed by atoms with Gasteiger partial charge in [-0.15, -0.1) is 11.3 Å². The molecule has 8 heteroatoms. The number of H-pyrrole nitrogens is 1. The molecule has 0 spiro atoms. The van der Waals surface area contributed by atoms with Crippen molar-refractivity contribution in [2.75, 3.05) is 31.2 Å². The van der Waals surface area contributed by atoms with E-state index in [4.69, 9.17) is 4.74 Å². The van der Waals surface area contributed by atoms with Crippen molar-refractivity contribution in [3.63, 3.8) is 0 Å². The second-order valence-electron chi connectivity index (χ2n) is 8.20. The molecule has 2 fully saturated rings. The number of hydrogen-bond acceptors (Lipinski definition) is 7. The highest BCUT2D eigenvalue weighted by molar-refractivity contribution is 7.15. The fourth-order valence-corrected chi connectivity index (χ4v) is 5.39. The first-order valence-corrected chi connectivity index (χ1v) is 11.5. The third-order valence-electron chi connectivity index (χ3n) is 6.20. The molecule has 6 rings (SSSR count). The Morgan fingerprint density at radius 2 is 1.87 bits per heavy atom. The first kappa shape index (κ1) is 18.9. The van der Waals surface area contributed by atoms with Crippen LogP contribution < -0.4 is 4.90 Å². The van der Waals surface area contributed by atoms with E-state index in [1.165, 1.54) is 5.69 Å². The van der Waals surface area contributed by atoms with Crippen molar-refractivity contribution < 1.29 is 9.84 Å². The maximum absolute atomic E-state index is 9.59. The first-order valence-electron chi connectivity index (χ1n) is 10.7. The average Bonchev–Trinajstić information content (AvgIpc) is 3.45. The largest absolute Gasteiger partial charge is 0.393 e. The molecule has 7 nitrogen and oxygen atoms in total. The number of morpholine rings is 1. The van der Waals surface area contributed by atoms with Gasteiger partial charge in [0.2, 0.25) is 0 Å². The second-order valence-corrected chi connectivity index (χ2v) is 9.26. The molecule has 4 heterocycles. The minimum Gasteiger partial charge on any atom is -0.393 e. The van der Waals surface area contributed by atoms with Gasteiger partial charge >= 0.3 is 0 Å². The van der Waals surface area contributed by atoms with Gasteiger partial charge in [0.25, 0.3) is 0 Å². The minimum atomic E-state index is -0.176. The number of nitrogens with one attached hydrogen (secondary N) is 1. The molecular weight excluding hydrogens is 410 g/mol. The summed E-state index contributed by atoms with van der Waals surface area (Å²) in [5, 5.41) is 11.7. The van der Waals surface area contributed by atoms with Gasteiger partial charge in [-0.2, -0.15) is 0 Å².